The van der Waals surface area contributed by atoms with Crippen molar-refractivity contribution in [3.05, 3.63) is 39.4 Å². The quantitative estimate of drug-likeness (QED) is 0.848. The minimum absolute atomic E-state index is 0.0952. The van der Waals surface area contributed by atoms with E-state index in [0.717, 1.165) is 17.4 Å². The van der Waals surface area contributed by atoms with Crippen LogP contribution in [0.3, 0.4) is 0 Å². The lowest BCUT2D eigenvalue weighted by atomic mass is 10.3. The summed E-state index contributed by atoms with van der Waals surface area (Å²) in [6.07, 6.45) is 0. The highest BCUT2D eigenvalue weighted by molar-refractivity contribution is 7.15. The van der Waals surface area contributed by atoms with Crippen molar-refractivity contribution in [3.8, 4) is 0 Å². The molecule has 0 unspecified atom stereocenters. The third kappa shape index (κ3) is 3.48. The first-order valence-electron chi connectivity index (χ1n) is 5.98. The van der Waals surface area contributed by atoms with Crippen molar-refractivity contribution in [1.82, 2.24) is 4.98 Å². The molecule has 0 bridgehead atoms. The molecule has 0 radical (unpaired) electrons. The first-order valence-corrected chi connectivity index (χ1v) is 7.18. The molecule has 112 valence electrons. The van der Waals surface area contributed by atoms with Gasteiger partial charge in [0.2, 0.25) is 0 Å². The second-order valence-electron chi connectivity index (χ2n) is 4.01. The molecular weight excluding hydrogens is 322 g/mol. The Kier molecular flexibility index (Phi) is 4.74. The number of aromatic nitrogens is 1. The second-order valence-corrected chi connectivity index (χ2v) is 5.62. The molecule has 0 aliphatic heterocycles. The minimum atomic E-state index is -0.842. The van der Waals surface area contributed by atoms with Gasteiger partial charge in [0, 0.05) is 10.9 Å². The van der Waals surface area contributed by atoms with Crippen LogP contribution in [0.15, 0.2) is 12.1 Å². The Balaban J connectivity index is 2.29. The Hall–Kier alpha value is -1.73. The number of nitrogens with one attached hydrogen (secondary N) is 1. The summed E-state index contributed by atoms with van der Waals surface area (Å²) in [5, 5.41) is 2.81. The van der Waals surface area contributed by atoms with Gasteiger partial charge < -0.3 is 10.1 Å². The summed E-state index contributed by atoms with van der Waals surface area (Å²) >= 11 is 6.93. The first-order chi connectivity index (χ1) is 9.92. The number of ether oxygens (including phenoxy) is 1. The smallest absolute Gasteiger partial charge is 0.358 e. The van der Waals surface area contributed by atoms with E-state index in [2.05, 4.69) is 10.3 Å². The van der Waals surface area contributed by atoms with Gasteiger partial charge in [-0.2, -0.15) is 0 Å². The van der Waals surface area contributed by atoms with Crippen LogP contribution >= 0.6 is 22.9 Å². The number of thiazole rings is 1. The van der Waals surface area contributed by atoms with E-state index >= 15 is 0 Å². The lowest BCUT2D eigenvalue weighted by Gasteiger charge is -2.06. The molecule has 1 aromatic heterocycles. The summed E-state index contributed by atoms with van der Waals surface area (Å²) in [5.41, 5.74) is 0.0604. The maximum absolute atomic E-state index is 13.7. The zero-order valence-corrected chi connectivity index (χ0v) is 12.7. The molecule has 4 nitrogen and oxygen atoms in total. The Morgan fingerprint density at radius 1 is 1.48 bits per heavy atom. The SMILES string of the molecule is CCOC(=O)c1nc(Nc2c(F)cc(F)cc2Cl)sc1C. The van der Waals surface area contributed by atoms with Crippen molar-refractivity contribution in [2.45, 2.75) is 13.8 Å². The van der Waals surface area contributed by atoms with Gasteiger partial charge in [-0.25, -0.2) is 18.6 Å². The Labute approximate surface area is 128 Å². The highest BCUT2D eigenvalue weighted by Crippen LogP contribution is 2.32. The number of carbonyl (C=O) groups excluding carboxylic acids is 1. The number of carbonyl (C=O) groups is 1. The van der Waals surface area contributed by atoms with Crippen LogP contribution in [-0.4, -0.2) is 17.6 Å². The van der Waals surface area contributed by atoms with Gasteiger partial charge in [0.15, 0.2) is 16.6 Å². The predicted molar refractivity (Wildman–Crippen MR) is 77.5 cm³/mol. The normalized spacial score (nSPS) is 10.5. The molecule has 2 aromatic rings. The van der Waals surface area contributed by atoms with E-state index in [0.29, 0.717) is 10.9 Å². The van der Waals surface area contributed by atoms with Crippen LogP contribution in [0.4, 0.5) is 19.6 Å². The fourth-order valence-corrected chi connectivity index (χ4v) is 2.65. The topological polar surface area (TPSA) is 51.2 Å². The van der Waals surface area contributed by atoms with Gasteiger partial charge in [-0.3, -0.25) is 0 Å². The number of aryl methyl sites for hydroxylation is 1. The molecule has 2 rings (SSSR count). The summed E-state index contributed by atoms with van der Waals surface area (Å²) in [6.45, 7) is 3.61. The van der Waals surface area contributed by atoms with E-state index in [1.807, 2.05) is 0 Å². The van der Waals surface area contributed by atoms with Crippen LogP contribution in [0.1, 0.15) is 22.3 Å². The number of benzene rings is 1. The van der Waals surface area contributed by atoms with Crippen molar-refractivity contribution in [2.75, 3.05) is 11.9 Å². The van der Waals surface area contributed by atoms with Gasteiger partial charge in [-0.05, 0) is 19.9 Å². The van der Waals surface area contributed by atoms with Gasteiger partial charge >= 0.3 is 5.97 Å². The minimum Gasteiger partial charge on any atom is -0.461 e. The van der Waals surface area contributed by atoms with E-state index in [1.165, 1.54) is 0 Å². The van der Waals surface area contributed by atoms with Crippen LogP contribution < -0.4 is 5.32 Å². The maximum atomic E-state index is 13.7. The largest absolute Gasteiger partial charge is 0.461 e. The molecule has 0 spiro atoms. The molecule has 0 saturated heterocycles. The number of hydrogen-bond donors (Lipinski definition) is 1. The fourth-order valence-electron chi connectivity index (χ4n) is 1.61. The highest BCUT2D eigenvalue weighted by atomic mass is 35.5. The summed E-state index contributed by atoms with van der Waals surface area (Å²) in [4.78, 5) is 16.3. The van der Waals surface area contributed by atoms with Crippen LogP contribution in [0.25, 0.3) is 0 Å². The third-order valence-corrected chi connectivity index (χ3v) is 3.69. The maximum Gasteiger partial charge on any atom is 0.358 e. The molecule has 0 saturated carbocycles. The van der Waals surface area contributed by atoms with Gasteiger partial charge in [-0.1, -0.05) is 11.6 Å². The van der Waals surface area contributed by atoms with E-state index in [-0.39, 0.29) is 28.1 Å². The summed E-state index contributed by atoms with van der Waals surface area (Å²) in [6, 6.07) is 1.70. The molecule has 0 fully saturated rings. The number of esters is 1. The Morgan fingerprint density at radius 3 is 2.81 bits per heavy atom. The van der Waals surface area contributed by atoms with Crippen LogP contribution in [0.2, 0.25) is 5.02 Å². The second kappa shape index (κ2) is 6.36. The van der Waals surface area contributed by atoms with Crippen LogP contribution in [0, 0.1) is 18.6 Å². The molecular formula is C13H11ClF2N2O2S. The van der Waals surface area contributed by atoms with Gasteiger partial charge in [0.05, 0.1) is 17.3 Å². The van der Waals surface area contributed by atoms with Gasteiger partial charge in [0.25, 0.3) is 0 Å². The summed E-state index contributed by atoms with van der Waals surface area (Å²) < 4.78 is 31.5. The van der Waals surface area contributed by atoms with Crippen molar-refractivity contribution < 1.29 is 18.3 Å². The van der Waals surface area contributed by atoms with Crippen molar-refractivity contribution in [2.24, 2.45) is 0 Å². The number of halogens is 3. The zero-order chi connectivity index (χ0) is 15.6. The lowest BCUT2D eigenvalue weighted by Crippen LogP contribution is -2.06. The molecule has 0 amide bonds. The van der Waals surface area contributed by atoms with Crippen molar-refractivity contribution in [3.63, 3.8) is 0 Å². The standard InChI is InChI=1S/C13H11ClF2N2O2S/c1-3-20-12(19)10-6(2)21-13(17-10)18-11-8(14)4-7(15)5-9(11)16/h4-5H,3H2,1-2H3,(H,17,18). The Morgan fingerprint density at radius 2 is 2.19 bits per heavy atom. The molecule has 0 aliphatic rings. The average molecular weight is 333 g/mol. The van der Waals surface area contributed by atoms with E-state index in [1.54, 1.807) is 13.8 Å². The summed E-state index contributed by atoms with van der Waals surface area (Å²) in [5.74, 6) is -2.17. The Bertz CT molecular complexity index is 668. The van der Waals surface area contributed by atoms with Crippen molar-refractivity contribution >= 4 is 39.7 Å². The van der Waals surface area contributed by atoms with Crippen molar-refractivity contribution in [1.29, 1.82) is 0 Å². The monoisotopic (exact) mass is 332 g/mol. The number of anilines is 2. The highest BCUT2D eigenvalue weighted by Gasteiger charge is 2.18. The summed E-state index contributed by atoms with van der Waals surface area (Å²) in [7, 11) is 0. The third-order valence-electron chi connectivity index (χ3n) is 2.50. The van der Waals surface area contributed by atoms with Crippen LogP contribution in [0.5, 0.6) is 0 Å². The van der Waals surface area contributed by atoms with E-state index < -0.39 is 17.6 Å². The average Bonchev–Trinajstić information content (AvgIpc) is 2.75. The van der Waals surface area contributed by atoms with Gasteiger partial charge in [0.1, 0.15) is 5.82 Å². The number of rotatable bonds is 4. The zero-order valence-electron chi connectivity index (χ0n) is 11.2. The first kappa shape index (κ1) is 15.7. The number of hydrogen-bond acceptors (Lipinski definition) is 5. The molecule has 1 aromatic carbocycles. The molecule has 0 aliphatic carbocycles. The van der Waals surface area contributed by atoms with Crippen LogP contribution in [-0.2, 0) is 4.74 Å². The van der Waals surface area contributed by atoms with E-state index in [4.69, 9.17) is 16.3 Å². The molecule has 1 heterocycles. The molecule has 1 N–H and O–H groups in total. The lowest BCUT2D eigenvalue weighted by molar-refractivity contribution is 0.0519. The molecule has 8 heteroatoms. The molecule has 0 atom stereocenters. The van der Waals surface area contributed by atoms with E-state index in [9.17, 15) is 13.6 Å². The predicted octanol–water partition coefficient (Wildman–Crippen LogP) is 4.30. The number of nitrogens with zero attached hydrogens (tertiary/aromatic N) is 1. The van der Waals surface area contributed by atoms with Gasteiger partial charge in [-0.15, -0.1) is 11.3 Å². The molecule has 21 heavy (non-hydrogen) atoms. The fraction of sp³-hybridized carbons (Fsp3) is 0.231.